The lowest BCUT2D eigenvalue weighted by atomic mass is 10.1. The number of nitrogens with one attached hydrogen (secondary N) is 1. The van der Waals surface area contributed by atoms with E-state index in [1.165, 1.54) is 12.8 Å². The normalized spacial score (nSPS) is 19.3. The number of aliphatic carboxylic acids is 1. The molecule has 0 radical (unpaired) electrons. The number of nitrogens with two attached hydrogens (primary N) is 1. The molecule has 0 aliphatic heterocycles. The lowest BCUT2D eigenvalue weighted by Crippen LogP contribution is -2.43. The summed E-state index contributed by atoms with van der Waals surface area (Å²) in [5.41, 5.74) is 5.40. The van der Waals surface area contributed by atoms with Crippen LogP contribution in [-0.2, 0) is 9.59 Å². The minimum Gasteiger partial charge on any atom is -0.481 e. The molecule has 1 saturated carbocycles. The summed E-state index contributed by atoms with van der Waals surface area (Å²) in [7, 11) is 0. The summed E-state index contributed by atoms with van der Waals surface area (Å²) in [4.78, 5) is 21.6. The second kappa shape index (κ2) is 5.11. The molecule has 4 N–H and O–H groups in total. The van der Waals surface area contributed by atoms with E-state index >= 15 is 0 Å². The molecular formula is C10H18N2O3. The first-order valence-corrected chi connectivity index (χ1v) is 5.25. The predicted octanol–water partition coefficient (Wildman–Crippen LogP) is -0.0493. The zero-order valence-electron chi connectivity index (χ0n) is 8.90. The van der Waals surface area contributed by atoms with Gasteiger partial charge in [-0.1, -0.05) is 6.92 Å². The van der Waals surface area contributed by atoms with Crippen LogP contribution < -0.4 is 11.1 Å². The summed E-state index contributed by atoms with van der Waals surface area (Å²) in [6.07, 6.45) is 2.15. The number of carbonyl (C=O) groups excluding carboxylic acids is 1. The molecule has 0 spiro atoms. The molecule has 1 aliphatic rings. The van der Waals surface area contributed by atoms with Gasteiger partial charge in [-0.2, -0.15) is 0 Å². The Bertz CT molecular complexity index is 251. The third-order valence-electron chi connectivity index (χ3n) is 2.76. The first-order valence-electron chi connectivity index (χ1n) is 5.25. The summed E-state index contributed by atoms with van der Waals surface area (Å²) >= 11 is 0. The fourth-order valence-electron chi connectivity index (χ4n) is 1.51. The molecule has 15 heavy (non-hydrogen) atoms. The molecule has 2 atom stereocenters. The van der Waals surface area contributed by atoms with E-state index in [2.05, 4.69) is 12.2 Å². The monoisotopic (exact) mass is 214 g/mol. The van der Waals surface area contributed by atoms with Gasteiger partial charge in [-0.3, -0.25) is 9.59 Å². The summed E-state index contributed by atoms with van der Waals surface area (Å²) < 4.78 is 0. The van der Waals surface area contributed by atoms with E-state index in [0.717, 1.165) is 5.92 Å². The molecule has 1 rings (SSSR count). The minimum absolute atomic E-state index is 0.316. The Morgan fingerprint density at radius 2 is 2.13 bits per heavy atom. The standard InChI is InChI=1S/C10H18N2O3/c1-6(7-2-3-7)5-12-10(15)8(11)4-9(13)14/h6-8H,2-5,11H2,1H3,(H,12,15)(H,13,14). The first-order chi connectivity index (χ1) is 7.00. The van der Waals surface area contributed by atoms with E-state index in [-0.39, 0.29) is 12.3 Å². The van der Waals surface area contributed by atoms with Gasteiger partial charge in [0, 0.05) is 6.54 Å². The van der Waals surface area contributed by atoms with Gasteiger partial charge in [0.05, 0.1) is 12.5 Å². The van der Waals surface area contributed by atoms with E-state index in [1.54, 1.807) is 0 Å². The van der Waals surface area contributed by atoms with Crippen molar-refractivity contribution in [2.24, 2.45) is 17.6 Å². The zero-order chi connectivity index (χ0) is 11.4. The molecule has 86 valence electrons. The lowest BCUT2D eigenvalue weighted by Gasteiger charge is -2.14. The van der Waals surface area contributed by atoms with Gasteiger partial charge in [0.25, 0.3) is 0 Å². The van der Waals surface area contributed by atoms with Crippen LogP contribution in [0.15, 0.2) is 0 Å². The quantitative estimate of drug-likeness (QED) is 0.578. The molecule has 0 saturated heterocycles. The van der Waals surface area contributed by atoms with Crippen molar-refractivity contribution in [3.05, 3.63) is 0 Å². The van der Waals surface area contributed by atoms with E-state index in [0.29, 0.717) is 12.5 Å². The Hall–Kier alpha value is -1.10. The number of hydrogen-bond acceptors (Lipinski definition) is 3. The molecule has 5 heteroatoms. The number of carboxylic acid groups (broad SMARTS) is 1. The van der Waals surface area contributed by atoms with Gasteiger partial charge in [0.2, 0.25) is 5.91 Å². The van der Waals surface area contributed by atoms with Crippen LogP contribution >= 0.6 is 0 Å². The van der Waals surface area contributed by atoms with Crippen molar-refractivity contribution in [1.82, 2.24) is 5.32 Å². The van der Waals surface area contributed by atoms with Gasteiger partial charge in [-0.25, -0.2) is 0 Å². The molecule has 5 nitrogen and oxygen atoms in total. The number of rotatable bonds is 6. The van der Waals surface area contributed by atoms with Crippen molar-refractivity contribution < 1.29 is 14.7 Å². The topological polar surface area (TPSA) is 92.4 Å². The van der Waals surface area contributed by atoms with E-state index in [4.69, 9.17) is 10.8 Å². The minimum atomic E-state index is -1.05. The summed E-state index contributed by atoms with van der Waals surface area (Å²) in [6, 6.07) is -0.936. The Balaban J connectivity index is 2.19. The smallest absolute Gasteiger partial charge is 0.305 e. The highest BCUT2D eigenvalue weighted by Crippen LogP contribution is 2.35. The second-order valence-corrected chi connectivity index (χ2v) is 4.26. The van der Waals surface area contributed by atoms with Gasteiger partial charge < -0.3 is 16.2 Å². The van der Waals surface area contributed by atoms with Crippen LogP contribution in [0.3, 0.4) is 0 Å². The zero-order valence-corrected chi connectivity index (χ0v) is 8.90. The van der Waals surface area contributed by atoms with Crippen LogP contribution in [0.2, 0.25) is 0 Å². The van der Waals surface area contributed by atoms with Crippen molar-refractivity contribution in [2.75, 3.05) is 6.54 Å². The maximum atomic E-state index is 11.3. The summed E-state index contributed by atoms with van der Waals surface area (Å²) in [5, 5.41) is 11.1. The molecule has 2 unspecified atom stereocenters. The van der Waals surface area contributed by atoms with Gasteiger partial charge in [0.1, 0.15) is 0 Å². The fourth-order valence-corrected chi connectivity index (χ4v) is 1.51. The van der Waals surface area contributed by atoms with Gasteiger partial charge in [-0.15, -0.1) is 0 Å². The highest BCUT2D eigenvalue weighted by Gasteiger charge is 2.28. The second-order valence-electron chi connectivity index (χ2n) is 4.26. The van der Waals surface area contributed by atoms with Gasteiger partial charge in [-0.05, 0) is 24.7 Å². The van der Waals surface area contributed by atoms with Crippen molar-refractivity contribution in [2.45, 2.75) is 32.2 Å². The molecule has 0 aromatic heterocycles. The van der Waals surface area contributed by atoms with Crippen molar-refractivity contribution in [3.8, 4) is 0 Å². The largest absolute Gasteiger partial charge is 0.481 e. The van der Waals surface area contributed by atoms with Crippen LogP contribution in [0.4, 0.5) is 0 Å². The number of carbonyl (C=O) groups is 2. The third kappa shape index (κ3) is 4.29. The fraction of sp³-hybridized carbons (Fsp3) is 0.800. The van der Waals surface area contributed by atoms with Crippen molar-refractivity contribution >= 4 is 11.9 Å². The molecule has 0 heterocycles. The molecule has 0 aromatic rings. The van der Waals surface area contributed by atoms with E-state index in [9.17, 15) is 9.59 Å². The van der Waals surface area contributed by atoms with Crippen molar-refractivity contribution in [3.63, 3.8) is 0 Å². The van der Waals surface area contributed by atoms with E-state index in [1.807, 2.05) is 0 Å². The highest BCUT2D eigenvalue weighted by atomic mass is 16.4. The molecule has 0 aromatic carbocycles. The first kappa shape index (κ1) is 12.0. The predicted molar refractivity (Wildman–Crippen MR) is 55.1 cm³/mol. The SMILES string of the molecule is CC(CNC(=O)C(N)CC(=O)O)C1CC1. The van der Waals surface area contributed by atoms with Crippen LogP contribution in [0.1, 0.15) is 26.2 Å². The maximum absolute atomic E-state index is 11.3. The average molecular weight is 214 g/mol. The molecular weight excluding hydrogens is 196 g/mol. The molecule has 1 amide bonds. The van der Waals surface area contributed by atoms with Gasteiger partial charge in [0.15, 0.2) is 0 Å². The highest BCUT2D eigenvalue weighted by molar-refractivity contribution is 5.85. The van der Waals surface area contributed by atoms with E-state index < -0.39 is 12.0 Å². The maximum Gasteiger partial charge on any atom is 0.305 e. The number of carboxylic acids is 1. The summed E-state index contributed by atoms with van der Waals surface area (Å²) in [6.45, 7) is 2.68. The molecule has 1 aliphatic carbocycles. The third-order valence-corrected chi connectivity index (χ3v) is 2.76. The molecule has 1 fully saturated rings. The van der Waals surface area contributed by atoms with Crippen LogP contribution in [0.5, 0.6) is 0 Å². The van der Waals surface area contributed by atoms with Crippen molar-refractivity contribution in [1.29, 1.82) is 0 Å². The van der Waals surface area contributed by atoms with Crippen LogP contribution in [-0.4, -0.2) is 29.6 Å². The van der Waals surface area contributed by atoms with Crippen LogP contribution in [0.25, 0.3) is 0 Å². The number of amides is 1. The number of hydrogen-bond donors (Lipinski definition) is 3. The Labute approximate surface area is 89.0 Å². The Morgan fingerprint density at radius 1 is 1.53 bits per heavy atom. The Morgan fingerprint density at radius 3 is 2.60 bits per heavy atom. The lowest BCUT2D eigenvalue weighted by molar-refractivity contribution is -0.139. The van der Waals surface area contributed by atoms with Crippen LogP contribution in [0, 0.1) is 11.8 Å². The summed E-state index contributed by atoms with van der Waals surface area (Å²) in [5.74, 6) is -0.232. The van der Waals surface area contributed by atoms with Gasteiger partial charge >= 0.3 is 5.97 Å². The molecule has 0 bridgehead atoms. The Kier molecular flexibility index (Phi) is 4.08. The average Bonchev–Trinajstić information content (AvgIpc) is 2.95.